The van der Waals surface area contributed by atoms with Gasteiger partial charge in [0, 0.05) is 11.7 Å². The lowest BCUT2D eigenvalue weighted by Gasteiger charge is -2.12. The summed E-state index contributed by atoms with van der Waals surface area (Å²) in [5.41, 5.74) is 0.378. The molecule has 0 saturated heterocycles. The zero-order valence-electron chi connectivity index (χ0n) is 16.0. The van der Waals surface area contributed by atoms with Crippen molar-refractivity contribution in [1.82, 2.24) is 4.72 Å². The number of sulfonamides is 2. The highest BCUT2D eigenvalue weighted by Crippen LogP contribution is 2.17. The third-order valence-corrected chi connectivity index (χ3v) is 6.47. The second-order valence-corrected chi connectivity index (χ2v) is 9.58. The normalized spacial score (nSPS) is 12.9. The molecule has 158 valence electrons. The minimum absolute atomic E-state index is 0.0652. The van der Waals surface area contributed by atoms with Crippen LogP contribution >= 0.6 is 0 Å². The van der Waals surface area contributed by atoms with E-state index in [9.17, 15) is 21.6 Å². The predicted molar refractivity (Wildman–Crippen MR) is 108 cm³/mol. The molecule has 4 N–H and O–H groups in total. The van der Waals surface area contributed by atoms with Crippen LogP contribution in [0.3, 0.4) is 0 Å². The van der Waals surface area contributed by atoms with Crippen molar-refractivity contribution in [3.05, 3.63) is 48.5 Å². The number of nitrogens with one attached hydrogen (secondary N) is 2. The van der Waals surface area contributed by atoms with Crippen LogP contribution in [0.2, 0.25) is 0 Å². The molecule has 0 spiro atoms. The molecule has 29 heavy (non-hydrogen) atoms. The smallest absolute Gasteiger partial charge is 0.262 e. The van der Waals surface area contributed by atoms with Gasteiger partial charge in [-0.05, 0) is 61.9 Å². The van der Waals surface area contributed by atoms with E-state index in [-0.39, 0.29) is 22.4 Å². The van der Waals surface area contributed by atoms with E-state index in [2.05, 4.69) is 10.0 Å². The zero-order valence-corrected chi connectivity index (χ0v) is 17.6. The molecule has 1 amide bonds. The molecule has 0 radical (unpaired) electrons. The third kappa shape index (κ3) is 6.82. The van der Waals surface area contributed by atoms with Gasteiger partial charge in [0.2, 0.25) is 20.0 Å². The van der Waals surface area contributed by atoms with Crippen LogP contribution in [-0.4, -0.2) is 35.4 Å². The third-order valence-electron chi connectivity index (χ3n) is 3.94. The Hall–Kier alpha value is -2.47. The van der Waals surface area contributed by atoms with Gasteiger partial charge in [0.15, 0.2) is 6.61 Å². The Morgan fingerprint density at radius 2 is 1.55 bits per heavy atom. The number of carbonyl (C=O) groups is 1. The summed E-state index contributed by atoms with van der Waals surface area (Å²) >= 11 is 0. The van der Waals surface area contributed by atoms with Gasteiger partial charge in [-0.3, -0.25) is 4.79 Å². The summed E-state index contributed by atoms with van der Waals surface area (Å²) in [5, 5.41) is 7.56. The molecule has 11 heteroatoms. The van der Waals surface area contributed by atoms with E-state index in [0.29, 0.717) is 17.9 Å². The van der Waals surface area contributed by atoms with Crippen molar-refractivity contribution in [3.8, 4) is 5.75 Å². The van der Waals surface area contributed by atoms with Crippen LogP contribution in [-0.2, 0) is 24.8 Å². The van der Waals surface area contributed by atoms with Crippen LogP contribution in [0, 0.1) is 0 Å². The Morgan fingerprint density at radius 1 is 1.00 bits per heavy atom. The number of hydrogen-bond donors (Lipinski definition) is 3. The molecular formula is C18H23N3O6S2. The molecule has 0 aliphatic heterocycles. The highest BCUT2D eigenvalue weighted by molar-refractivity contribution is 7.89. The molecule has 2 aromatic carbocycles. The molecule has 0 aliphatic rings. The summed E-state index contributed by atoms with van der Waals surface area (Å²) in [5.74, 6) is -0.143. The second-order valence-electron chi connectivity index (χ2n) is 6.31. The molecule has 0 fully saturated rings. The van der Waals surface area contributed by atoms with E-state index in [1.54, 1.807) is 6.92 Å². The maximum Gasteiger partial charge on any atom is 0.262 e. The minimum atomic E-state index is -3.80. The van der Waals surface area contributed by atoms with Crippen molar-refractivity contribution in [2.24, 2.45) is 5.14 Å². The second kappa shape index (κ2) is 9.35. The number of ether oxygens (including phenoxy) is 1. The standard InChI is InChI=1S/C18H23N3O6S2/c1-3-13(2)21-29(25,26)17-10-6-15(7-11-17)27-12-18(22)20-14-4-8-16(9-5-14)28(19,23)24/h4-11,13,21H,3,12H2,1-2H3,(H,20,22)(H2,19,23,24)/t13-/m1/s1. The lowest BCUT2D eigenvalue weighted by atomic mass is 10.3. The minimum Gasteiger partial charge on any atom is -0.484 e. The molecule has 9 nitrogen and oxygen atoms in total. The maximum atomic E-state index is 12.2. The topological polar surface area (TPSA) is 145 Å². The lowest BCUT2D eigenvalue weighted by molar-refractivity contribution is -0.118. The largest absolute Gasteiger partial charge is 0.484 e. The molecule has 0 heterocycles. The first-order valence-electron chi connectivity index (χ1n) is 8.69. The van der Waals surface area contributed by atoms with Crippen LogP contribution in [0.15, 0.2) is 58.3 Å². The van der Waals surface area contributed by atoms with Gasteiger partial charge in [0.1, 0.15) is 5.75 Å². The lowest BCUT2D eigenvalue weighted by Crippen LogP contribution is -2.31. The number of benzene rings is 2. The fourth-order valence-electron chi connectivity index (χ4n) is 2.21. The van der Waals surface area contributed by atoms with Crippen LogP contribution < -0.4 is 19.9 Å². The van der Waals surface area contributed by atoms with Crippen molar-refractivity contribution in [2.75, 3.05) is 11.9 Å². The molecule has 2 aromatic rings. The van der Waals surface area contributed by atoms with Gasteiger partial charge < -0.3 is 10.1 Å². The zero-order chi connectivity index (χ0) is 21.7. The van der Waals surface area contributed by atoms with Crippen molar-refractivity contribution >= 4 is 31.6 Å². The first kappa shape index (κ1) is 22.8. The Balaban J connectivity index is 1.92. The summed E-state index contributed by atoms with van der Waals surface area (Å²) in [6.45, 7) is 3.34. The summed E-state index contributed by atoms with van der Waals surface area (Å²) < 4.78 is 54.7. The fraction of sp³-hybridized carbons (Fsp3) is 0.278. The molecule has 2 rings (SSSR count). The van der Waals surface area contributed by atoms with E-state index < -0.39 is 26.0 Å². The Kier molecular flexibility index (Phi) is 7.36. The summed E-state index contributed by atoms with van der Waals surface area (Å²) in [6.07, 6.45) is 0.667. The first-order valence-corrected chi connectivity index (χ1v) is 11.7. The molecule has 0 aliphatic carbocycles. The number of primary sulfonamides is 1. The van der Waals surface area contributed by atoms with Gasteiger partial charge in [-0.15, -0.1) is 0 Å². The van der Waals surface area contributed by atoms with Crippen LogP contribution in [0.5, 0.6) is 5.75 Å². The highest BCUT2D eigenvalue weighted by Gasteiger charge is 2.16. The quantitative estimate of drug-likeness (QED) is 0.537. The van der Waals surface area contributed by atoms with Crippen molar-refractivity contribution in [1.29, 1.82) is 0 Å². The molecular weight excluding hydrogens is 418 g/mol. The van der Waals surface area contributed by atoms with E-state index in [1.807, 2.05) is 6.92 Å². The summed E-state index contributed by atoms with van der Waals surface area (Å²) in [6, 6.07) is 10.9. The van der Waals surface area contributed by atoms with Gasteiger partial charge >= 0.3 is 0 Å². The van der Waals surface area contributed by atoms with Gasteiger partial charge in [0.25, 0.3) is 5.91 Å². The number of carbonyl (C=O) groups excluding carboxylic acids is 1. The Labute approximate surface area is 170 Å². The summed E-state index contributed by atoms with van der Waals surface area (Å²) in [7, 11) is -7.41. The molecule has 1 atom stereocenters. The average Bonchev–Trinajstić information content (AvgIpc) is 2.66. The number of rotatable bonds is 9. The van der Waals surface area contributed by atoms with Gasteiger partial charge in [-0.1, -0.05) is 6.92 Å². The van der Waals surface area contributed by atoms with E-state index in [4.69, 9.17) is 9.88 Å². The highest BCUT2D eigenvalue weighted by atomic mass is 32.2. The van der Waals surface area contributed by atoms with Gasteiger partial charge in [-0.2, -0.15) is 0 Å². The van der Waals surface area contributed by atoms with Crippen molar-refractivity contribution in [2.45, 2.75) is 36.1 Å². The average molecular weight is 442 g/mol. The van der Waals surface area contributed by atoms with Crippen LogP contribution in [0.4, 0.5) is 5.69 Å². The molecule has 0 unspecified atom stereocenters. The van der Waals surface area contributed by atoms with E-state index in [0.717, 1.165) is 0 Å². The molecule has 0 saturated carbocycles. The number of anilines is 1. The Morgan fingerprint density at radius 3 is 2.07 bits per heavy atom. The van der Waals surface area contributed by atoms with Crippen LogP contribution in [0.1, 0.15) is 20.3 Å². The predicted octanol–water partition coefficient (Wildman–Crippen LogP) is 1.43. The fourth-order valence-corrected chi connectivity index (χ4v) is 4.05. The van der Waals surface area contributed by atoms with E-state index in [1.165, 1.54) is 48.5 Å². The van der Waals surface area contributed by atoms with E-state index >= 15 is 0 Å². The molecule has 0 aromatic heterocycles. The maximum absolute atomic E-state index is 12.2. The molecule has 0 bridgehead atoms. The summed E-state index contributed by atoms with van der Waals surface area (Å²) in [4.78, 5) is 12.0. The Bertz CT molecular complexity index is 1050. The van der Waals surface area contributed by atoms with Crippen molar-refractivity contribution in [3.63, 3.8) is 0 Å². The van der Waals surface area contributed by atoms with Crippen LogP contribution in [0.25, 0.3) is 0 Å². The first-order chi connectivity index (χ1) is 13.5. The van der Waals surface area contributed by atoms with Gasteiger partial charge in [0.05, 0.1) is 9.79 Å². The number of nitrogens with two attached hydrogens (primary N) is 1. The number of hydrogen-bond acceptors (Lipinski definition) is 6. The van der Waals surface area contributed by atoms with Crippen molar-refractivity contribution < 1.29 is 26.4 Å². The number of amides is 1. The monoisotopic (exact) mass is 441 g/mol. The van der Waals surface area contributed by atoms with Gasteiger partial charge in [-0.25, -0.2) is 26.7 Å². The SMILES string of the molecule is CC[C@@H](C)NS(=O)(=O)c1ccc(OCC(=O)Nc2ccc(S(N)(=O)=O)cc2)cc1.